The van der Waals surface area contributed by atoms with Crippen molar-refractivity contribution in [3.8, 4) is 0 Å². The van der Waals surface area contributed by atoms with Gasteiger partial charge in [0, 0.05) is 12.6 Å². The Hall–Kier alpha value is -1.08. The molecule has 1 rings (SSSR count). The highest BCUT2D eigenvalue weighted by atomic mass is 14.9. The molecule has 0 heterocycles. The first-order chi connectivity index (χ1) is 7.08. The molecule has 0 aliphatic heterocycles. The van der Waals surface area contributed by atoms with E-state index in [2.05, 4.69) is 63.4 Å². The first kappa shape index (κ1) is 12.0. The van der Waals surface area contributed by atoms with Gasteiger partial charge in [-0.1, -0.05) is 55.3 Å². The van der Waals surface area contributed by atoms with Crippen LogP contribution in [0.2, 0.25) is 0 Å². The van der Waals surface area contributed by atoms with Gasteiger partial charge in [-0.3, -0.25) is 0 Å². The van der Waals surface area contributed by atoms with Gasteiger partial charge in [0.1, 0.15) is 0 Å². The van der Waals surface area contributed by atoms with Gasteiger partial charge in [0.2, 0.25) is 0 Å². The van der Waals surface area contributed by atoms with E-state index in [9.17, 15) is 0 Å². The third-order valence-corrected chi connectivity index (χ3v) is 2.20. The van der Waals surface area contributed by atoms with Crippen molar-refractivity contribution in [3.63, 3.8) is 0 Å². The van der Waals surface area contributed by atoms with Crippen LogP contribution >= 0.6 is 0 Å². The molecule has 1 aromatic rings. The molecular weight excluding hydrogens is 182 g/mol. The Morgan fingerprint density at radius 1 is 1.13 bits per heavy atom. The lowest BCUT2D eigenvalue weighted by Gasteiger charge is -2.04. The average molecular weight is 203 g/mol. The number of nitrogens with one attached hydrogen (secondary N) is 1. The third-order valence-electron chi connectivity index (χ3n) is 2.20. The minimum absolute atomic E-state index is 0.550. The van der Waals surface area contributed by atoms with Crippen LogP contribution in [0.1, 0.15) is 30.5 Å². The molecule has 1 aromatic carbocycles. The van der Waals surface area contributed by atoms with Crippen molar-refractivity contribution in [2.75, 3.05) is 6.54 Å². The second kappa shape index (κ2) is 5.72. The maximum absolute atomic E-state index is 3.36. The summed E-state index contributed by atoms with van der Waals surface area (Å²) in [6, 6.07) is 7.16. The molecule has 0 bridgehead atoms. The summed E-state index contributed by atoms with van der Waals surface area (Å²) in [6.07, 6.45) is 4.35. The highest BCUT2D eigenvalue weighted by Gasteiger charge is 1.92. The van der Waals surface area contributed by atoms with Gasteiger partial charge in [-0.25, -0.2) is 0 Å². The van der Waals surface area contributed by atoms with E-state index in [4.69, 9.17) is 0 Å². The topological polar surface area (TPSA) is 12.0 Å². The van der Waals surface area contributed by atoms with Gasteiger partial charge in [0.25, 0.3) is 0 Å². The van der Waals surface area contributed by atoms with Crippen molar-refractivity contribution in [1.82, 2.24) is 5.32 Å². The summed E-state index contributed by atoms with van der Waals surface area (Å²) >= 11 is 0. The maximum Gasteiger partial charge on any atom is 0.0140 e. The number of hydrogen-bond acceptors (Lipinski definition) is 1. The van der Waals surface area contributed by atoms with Crippen LogP contribution in [0.5, 0.6) is 0 Å². The molecule has 0 aliphatic rings. The zero-order chi connectivity index (χ0) is 11.3. The van der Waals surface area contributed by atoms with Crippen molar-refractivity contribution < 1.29 is 0 Å². The Labute approximate surface area is 93.2 Å². The molecule has 0 amide bonds. The summed E-state index contributed by atoms with van der Waals surface area (Å²) in [5.74, 6) is 0. The van der Waals surface area contributed by atoms with Crippen molar-refractivity contribution in [2.24, 2.45) is 0 Å². The van der Waals surface area contributed by atoms with Crippen LogP contribution in [0, 0.1) is 13.8 Å². The first-order valence-corrected chi connectivity index (χ1v) is 5.56. The second-order valence-corrected chi connectivity index (χ2v) is 4.39. The van der Waals surface area contributed by atoms with Gasteiger partial charge < -0.3 is 5.32 Å². The summed E-state index contributed by atoms with van der Waals surface area (Å²) in [4.78, 5) is 0. The molecule has 0 saturated heterocycles. The molecular formula is C14H21N. The fourth-order valence-electron chi connectivity index (χ4n) is 1.60. The van der Waals surface area contributed by atoms with Crippen LogP contribution in [0.25, 0.3) is 6.08 Å². The lowest BCUT2D eigenvalue weighted by Crippen LogP contribution is -2.22. The molecule has 0 fully saturated rings. The lowest BCUT2D eigenvalue weighted by molar-refractivity contribution is 0.633. The molecule has 1 nitrogen and oxygen atoms in total. The Morgan fingerprint density at radius 3 is 2.27 bits per heavy atom. The van der Waals surface area contributed by atoms with Crippen LogP contribution < -0.4 is 5.32 Å². The number of hydrogen-bond donors (Lipinski definition) is 1. The highest BCUT2D eigenvalue weighted by molar-refractivity contribution is 5.51. The highest BCUT2D eigenvalue weighted by Crippen LogP contribution is 2.09. The standard InChI is InChI=1S/C14H21N/c1-11(2)15-7-5-6-14-9-12(3)8-13(4)10-14/h5-6,8-11,15H,7H2,1-4H3. The summed E-state index contributed by atoms with van der Waals surface area (Å²) in [5, 5.41) is 3.36. The molecule has 0 radical (unpaired) electrons. The normalized spacial score (nSPS) is 11.5. The van der Waals surface area contributed by atoms with Crippen LogP contribution in [-0.2, 0) is 0 Å². The molecule has 0 atom stereocenters. The summed E-state index contributed by atoms with van der Waals surface area (Å²) in [5.41, 5.74) is 3.94. The smallest absolute Gasteiger partial charge is 0.0140 e. The van der Waals surface area contributed by atoms with Gasteiger partial charge in [0.05, 0.1) is 0 Å². The zero-order valence-corrected chi connectivity index (χ0v) is 10.2. The first-order valence-electron chi connectivity index (χ1n) is 5.56. The molecule has 0 saturated carbocycles. The third kappa shape index (κ3) is 4.80. The van der Waals surface area contributed by atoms with E-state index >= 15 is 0 Å². The molecule has 15 heavy (non-hydrogen) atoms. The van der Waals surface area contributed by atoms with Crippen molar-refractivity contribution in [2.45, 2.75) is 33.7 Å². The van der Waals surface area contributed by atoms with E-state index in [1.165, 1.54) is 16.7 Å². The van der Waals surface area contributed by atoms with E-state index in [1.54, 1.807) is 0 Å². The average Bonchev–Trinajstić information content (AvgIpc) is 2.10. The molecule has 0 aliphatic carbocycles. The van der Waals surface area contributed by atoms with E-state index < -0.39 is 0 Å². The second-order valence-electron chi connectivity index (χ2n) is 4.39. The molecule has 1 N–H and O–H groups in total. The molecule has 82 valence electrons. The number of aryl methyl sites for hydroxylation is 2. The molecule has 0 unspecified atom stereocenters. The van der Waals surface area contributed by atoms with E-state index in [1.807, 2.05) is 0 Å². The SMILES string of the molecule is Cc1cc(C)cc(C=CCNC(C)C)c1. The summed E-state index contributed by atoms with van der Waals surface area (Å²) in [6.45, 7) is 9.52. The van der Waals surface area contributed by atoms with Crippen LogP contribution in [0.4, 0.5) is 0 Å². The zero-order valence-electron chi connectivity index (χ0n) is 10.2. The Bertz CT molecular complexity index is 317. The van der Waals surface area contributed by atoms with Crippen molar-refractivity contribution >= 4 is 6.08 Å². The summed E-state index contributed by atoms with van der Waals surface area (Å²) in [7, 11) is 0. The predicted molar refractivity (Wildman–Crippen MR) is 68.1 cm³/mol. The quantitative estimate of drug-likeness (QED) is 0.791. The van der Waals surface area contributed by atoms with Gasteiger partial charge in [-0.2, -0.15) is 0 Å². The van der Waals surface area contributed by atoms with Gasteiger partial charge in [-0.05, 0) is 19.4 Å². The van der Waals surface area contributed by atoms with Gasteiger partial charge in [0.15, 0.2) is 0 Å². The van der Waals surface area contributed by atoms with Crippen LogP contribution in [0.3, 0.4) is 0 Å². The minimum Gasteiger partial charge on any atom is -0.311 e. The van der Waals surface area contributed by atoms with Crippen LogP contribution in [0.15, 0.2) is 24.3 Å². The Balaban J connectivity index is 2.56. The summed E-state index contributed by atoms with van der Waals surface area (Å²) < 4.78 is 0. The van der Waals surface area contributed by atoms with E-state index in [0.717, 1.165) is 6.54 Å². The molecule has 1 heteroatoms. The fraction of sp³-hybridized carbons (Fsp3) is 0.429. The predicted octanol–water partition coefficient (Wildman–Crippen LogP) is 3.31. The van der Waals surface area contributed by atoms with Gasteiger partial charge >= 0.3 is 0 Å². The number of rotatable bonds is 4. The van der Waals surface area contributed by atoms with Crippen molar-refractivity contribution in [3.05, 3.63) is 41.0 Å². The Morgan fingerprint density at radius 2 is 1.73 bits per heavy atom. The van der Waals surface area contributed by atoms with Crippen LogP contribution in [-0.4, -0.2) is 12.6 Å². The Kier molecular flexibility index (Phi) is 4.57. The van der Waals surface area contributed by atoms with Crippen molar-refractivity contribution in [1.29, 1.82) is 0 Å². The largest absolute Gasteiger partial charge is 0.311 e. The minimum atomic E-state index is 0.550. The molecule has 0 aromatic heterocycles. The van der Waals surface area contributed by atoms with E-state index in [0.29, 0.717) is 6.04 Å². The number of benzene rings is 1. The monoisotopic (exact) mass is 203 g/mol. The fourth-order valence-corrected chi connectivity index (χ4v) is 1.60. The maximum atomic E-state index is 3.36. The van der Waals surface area contributed by atoms with E-state index in [-0.39, 0.29) is 0 Å². The van der Waals surface area contributed by atoms with Gasteiger partial charge in [-0.15, -0.1) is 0 Å². The lowest BCUT2D eigenvalue weighted by atomic mass is 10.1. The molecule has 0 spiro atoms.